The van der Waals surface area contributed by atoms with Crippen molar-refractivity contribution >= 4 is 11.9 Å². The smallest absolute Gasteiger partial charge is 0.303 e. The van der Waals surface area contributed by atoms with Gasteiger partial charge in [-0.05, 0) is 32.1 Å². The molecule has 0 aromatic rings. The Bertz CT molecular complexity index is 285. The number of hydrogen-bond donors (Lipinski definition) is 2. The van der Waals surface area contributed by atoms with Crippen molar-refractivity contribution in [3.63, 3.8) is 0 Å². The van der Waals surface area contributed by atoms with Crippen LogP contribution in [0.15, 0.2) is 0 Å². The number of carboxylic acids is 1. The summed E-state index contributed by atoms with van der Waals surface area (Å²) < 4.78 is 0. The van der Waals surface area contributed by atoms with Crippen LogP contribution in [0.5, 0.6) is 0 Å². The van der Waals surface area contributed by atoms with Crippen molar-refractivity contribution in [3.05, 3.63) is 0 Å². The molecule has 104 valence electrons. The molecule has 1 aliphatic rings. The second kappa shape index (κ2) is 7.39. The molecule has 2 N–H and O–H groups in total. The quantitative estimate of drug-likeness (QED) is 0.590. The molecule has 0 aliphatic heterocycles. The van der Waals surface area contributed by atoms with Gasteiger partial charge in [-0.15, -0.1) is 0 Å². The van der Waals surface area contributed by atoms with Crippen molar-refractivity contribution in [2.45, 2.75) is 64.7 Å². The van der Waals surface area contributed by atoms with Gasteiger partial charge in [0, 0.05) is 18.4 Å². The molecule has 0 bridgehead atoms. The van der Waals surface area contributed by atoms with Gasteiger partial charge in [-0.2, -0.15) is 0 Å². The molecule has 0 atom stereocenters. The van der Waals surface area contributed by atoms with Crippen LogP contribution in [0.4, 0.5) is 0 Å². The van der Waals surface area contributed by atoms with Crippen LogP contribution in [0, 0.1) is 5.41 Å². The van der Waals surface area contributed by atoms with E-state index >= 15 is 0 Å². The number of carbonyl (C=O) groups excluding carboxylic acids is 1. The van der Waals surface area contributed by atoms with Crippen molar-refractivity contribution in [3.8, 4) is 0 Å². The predicted octanol–water partition coefficient (Wildman–Crippen LogP) is 2.72. The zero-order valence-corrected chi connectivity index (χ0v) is 11.3. The Kier molecular flexibility index (Phi) is 6.16. The number of nitrogens with one attached hydrogen (secondary N) is 1. The fourth-order valence-corrected chi connectivity index (χ4v) is 2.21. The molecule has 0 saturated heterocycles. The van der Waals surface area contributed by atoms with Gasteiger partial charge in [-0.1, -0.05) is 26.2 Å². The van der Waals surface area contributed by atoms with E-state index in [0.29, 0.717) is 0 Å². The van der Waals surface area contributed by atoms with E-state index in [1.807, 2.05) is 0 Å². The molecule has 0 aromatic heterocycles. The first-order valence-electron chi connectivity index (χ1n) is 7.11. The van der Waals surface area contributed by atoms with Gasteiger partial charge in [0.15, 0.2) is 0 Å². The number of aliphatic carboxylic acids is 1. The molecule has 18 heavy (non-hydrogen) atoms. The first-order valence-corrected chi connectivity index (χ1v) is 7.11. The van der Waals surface area contributed by atoms with Gasteiger partial charge in [0.2, 0.25) is 5.91 Å². The molecule has 0 aromatic carbocycles. The van der Waals surface area contributed by atoms with Crippen molar-refractivity contribution in [2.75, 3.05) is 6.54 Å². The summed E-state index contributed by atoms with van der Waals surface area (Å²) >= 11 is 0. The Morgan fingerprint density at radius 3 is 2.28 bits per heavy atom. The molecule has 0 radical (unpaired) electrons. The second-order valence-electron chi connectivity index (χ2n) is 5.30. The monoisotopic (exact) mass is 255 g/mol. The van der Waals surface area contributed by atoms with Crippen molar-refractivity contribution in [2.24, 2.45) is 5.41 Å². The third kappa shape index (κ3) is 5.07. The molecule has 1 amide bonds. The van der Waals surface area contributed by atoms with E-state index in [0.717, 1.165) is 57.9 Å². The van der Waals surface area contributed by atoms with Crippen LogP contribution < -0.4 is 5.32 Å². The lowest BCUT2D eigenvalue weighted by Gasteiger charge is -2.12. The van der Waals surface area contributed by atoms with Gasteiger partial charge < -0.3 is 10.4 Å². The predicted molar refractivity (Wildman–Crippen MR) is 70.3 cm³/mol. The summed E-state index contributed by atoms with van der Waals surface area (Å²) in [5.74, 6) is -0.479. The molecule has 1 fully saturated rings. The Morgan fingerprint density at radius 2 is 1.72 bits per heavy atom. The largest absolute Gasteiger partial charge is 0.481 e. The summed E-state index contributed by atoms with van der Waals surface area (Å²) in [5.41, 5.74) is -0.0263. The third-order valence-electron chi connectivity index (χ3n) is 3.86. The number of rotatable bonds is 10. The van der Waals surface area contributed by atoms with Crippen LogP contribution in [0.3, 0.4) is 0 Å². The SMILES string of the molecule is CCC1(C(=O)NCCCCCCCC(=O)O)CC1. The fraction of sp³-hybridized carbons (Fsp3) is 0.857. The van der Waals surface area contributed by atoms with Gasteiger partial charge in [0.25, 0.3) is 0 Å². The Hall–Kier alpha value is -1.06. The van der Waals surface area contributed by atoms with E-state index < -0.39 is 5.97 Å². The molecule has 4 nitrogen and oxygen atoms in total. The first kappa shape index (κ1) is 15.0. The molecule has 0 spiro atoms. The molecule has 1 aliphatic carbocycles. The maximum Gasteiger partial charge on any atom is 0.303 e. The number of amides is 1. The van der Waals surface area contributed by atoms with Crippen LogP contribution >= 0.6 is 0 Å². The standard InChI is InChI=1S/C14H25NO3/c1-2-14(9-10-14)13(18)15-11-7-5-3-4-6-8-12(16)17/h2-11H2,1H3,(H,15,18)(H,16,17). The fourth-order valence-electron chi connectivity index (χ4n) is 2.21. The number of carbonyl (C=O) groups is 2. The summed E-state index contributed by atoms with van der Waals surface area (Å²) in [7, 11) is 0. The summed E-state index contributed by atoms with van der Waals surface area (Å²) in [6, 6.07) is 0. The molecule has 0 heterocycles. The molecular weight excluding hydrogens is 230 g/mol. The zero-order chi connectivity index (χ0) is 13.4. The molecule has 0 unspecified atom stereocenters. The highest BCUT2D eigenvalue weighted by molar-refractivity contribution is 5.85. The van der Waals surface area contributed by atoms with Crippen LogP contribution in [-0.4, -0.2) is 23.5 Å². The minimum atomic E-state index is -0.712. The average Bonchev–Trinajstić information content (AvgIpc) is 3.13. The van der Waals surface area contributed by atoms with Gasteiger partial charge in [0.05, 0.1) is 0 Å². The van der Waals surface area contributed by atoms with Gasteiger partial charge in [0.1, 0.15) is 0 Å². The minimum absolute atomic E-state index is 0.0263. The van der Waals surface area contributed by atoms with E-state index in [4.69, 9.17) is 5.11 Å². The van der Waals surface area contributed by atoms with E-state index in [-0.39, 0.29) is 17.7 Å². The van der Waals surface area contributed by atoms with Gasteiger partial charge in [-0.3, -0.25) is 9.59 Å². The molecule has 1 rings (SSSR count). The number of hydrogen-bond acceptors (Lipinski definition) is 2. The molecule has 1 saturated carbocycles. The maximum absolute atomic E-state index is 11.8. The normalized spacial score (nSPS) is 16.3. The maximum atomic E-state index is 11.8. The molecule has 4 heteroatoms. The second-order valence-corrected chi connectivity index (χ2v) is 5.30. The van der Waals surface area contributed by atoms with E-state index in [9.17, 15) is 9.59 Å². The highest BCUT2D eigenvalue weighted by atomic mass is 16.4. The van der Waals surface area contributed by atoms with Crippen LogP contribution in [0.25, 0.3) is 0 Å². The summed E-state index contributed by atoms with van der Waals surface area (Å²) in [5, 5.41) is 11.5. The minimum Gasteiger partial charge on any atom is -0.481 e. The highest BCUT2D eigenvalue weighted by Crippen LogP contribution is 2.48. The summed E-state index contributed by atoms with van der Waals surface area (Å²) in [6.07, 6.45) is 8.18. The highest BCUT2D eigenvalue weighted by Gasteiger charge is 2.47. The van der Waals surface area contributed by atoms with E-state index in [1.54, 1.807) is 0 Å². The van der Waals surface area contributed by atoms with Crippen molar-refractivity contribution in [1.82, 2.24) is 5.32 Å². The lowest BCUT2D eigenvalue weighted by atomic mass is 10.0. The van der Waals surface area contributed by atoms with Gasteiger partial charge >= 0.3 is 5.97 Å². The summed E-state index contributed by atoms with van der Waals surface area (Å²) in [6.45, 7) is 2.84. The van der Waals surface area contributed by atoms with E-state index in [2.05, 4.69) is 12.2 Å². The summed E-state index contributed by atoms with van der Waals surface area (Å²) in [4.78, 5) is 22.1. The Morgan fingerprint density at radius 1 is 1.11 bits per heavy atom. The number of carboxylic acid groups (broad SMARTS) is 1. The Labute approximate surface area is 109 Å². The van der Waals surface area contributed by atoms with E-state index in [1.165, 1.54) is 0 Å². The van der Waals surface area contributed by atoms with Crippen molar-refractivity contribution < 1.29 is 14.7 Å². The lowest BCUT2D eigenvalue weighted by molar-refractivity contribution is -0.137. The lowest BCUT2D eigenvalue weighted by Crippen LogP contribution is -2.32. The number of unbranched alkanes of at least 4 members (excludes halogenated alkanes) is 4. The van der Waals surface area contributed by atoms with Crippen LogP contribution in [0.1, 0.15) is 64.7 Å². The third-order valence-corrected chi connectivity index (χ3v) is 3.86. The average molecular weight is 255 g/mol. The van der Waals surface area contributed by atoms with Gasteiger partial charge in [-0.25, -0.2) is 0 Å². The topological polar surface area (TPSA) is 66.4 Å². The zero-order valence-electron chi connectivity index (χ0n) is 11.3. The van der Waals surface area contributed by atoms with Crippen LogP contribution in [0.2, 0.25) is 0 Å². The van der Waals surface area contributed by atoms with Crippen LogP contribution in [-0.2, 0) is 9.59 Å². The Balaban J connectivity index is 1.90. The van der Waals surface area contributed by atoms with Crippen molar-refractivity contribution in [1.29, 1.82) is 0 Å². The molecular formula is C14H25NO3. The first-order chi connectivity index (χ1) is 8.60.